The number of carbonyl (C=O) groups excluding carboxylic acids is 1. The van der Waals surface area contributed by atoms with E-state index in [4.69, 9.17) is 9.41 Å². The molecule has 0 radical (unpaired) electrons. The molecule has 6 heteroatoms. The number of para-hydroxylation sites is 1. The number of anilines is 1. The summed E-state index contributed by atoms with van der Waals surface area (Å²) in [6, 6.07) is 10.5. The van der Waals surface area contributed by atoms with Crippen LogP contribution in [0.15, 0.2) is 52.3 Å². The molecule has 1 saturated heterocycles. The van der Waals surface area contributed by atoms with Crippen LogP contribution in [0.1, 0.15) is 48.0 Å². The van der Waals surface area contributed by atoms with E-state index in [0.717, 1.165) is 37.3 Å². The maximum Gasteiger partial charge on any atom is 0.257 e. The first-order valence-electron chi connectivity index (χ1n) is 10.2. The number of likely N-dealkylation sites (tertiary alicyclic amines) is 1. The molecule has 1 saturated carbocycles. The van der Waals surface area contributed by atoms with Crippen LogP contribution in [0.25, 0.3) is 0 Å². The summed E-state index contributed by atoms with van der Waals surface area (Å²) in [5, 5.41) is 7.40. The van der Waals surface area contributed by atoms with E-state index in [1.165, 1.54) is 24.7 Å². The molecular formula is C22H26N4O2. The van der Waals surface area contributed by atoms with Crippen LogP contribution in [0.4, 0.5) is 5.69 Å². The Bertz CT molecular complexity index is 886. The Kier molecular flexibility index (Phi) is 4.43. The predicted molar refractivity (Wildman–Crippen MR) is 109 cm³/mol. The van der Waals surface area contributed by atoms with E-state index in [2.05, 4.69) is 34.9 Å². The van der Waals surface area contributed by atoms with Gasteiger partial charge in [-0.1, -0.05) is 31.0 Å². The van der Waals surface area contributed by atoms with E-state index in [0.29, 0.717) is 24.7 Å². The number of amides is 1. The van der Waals surface area contributed by atoms with Gasteiger partial charge in [-0.25, -0.2) is 0 Å². The standard InChI is InChI=1S/C22H26N4O2/c27-20(17-9-12-28-14-17)26-11-10-22(15-26)21(24-18-6-2-3-7-18)25-19-8-4-1-5-16(19)13-23-22/h1,4-5,8-9,12,14,18,23H,2-3,6-7,10-11,13,15H2,(H,24,25). The molecule has 1 aromatic carbocycles. The van der Waals surface area contributed by atoms with E-state index in [1.807, 2.05) is 4.90 Å². The van der Waals surface area contributed by atoms with Crippen LogP contribution in [0.2, 0.25) is 0 Å². The molecule has 6 nitrogen and oxygen atoms in total. The number of nitrogens with one attached hydrogen (secondary N) is 2. The molecule has 2 N–H and O–H groups in total. The Morgan fingerprint density at radius 3 is 2.89 bits per heavy atom. The van der Waals surface area contributed by atoms with Crippen LogP contribution in [-0.4, -0.2) is 41.3 Å². The zero-order valence-corrected chi connectivity index (χ0v) is 16.0. The number of nitrogens with zero attached hydrogens (tertiary/aromatic N) is 2. The fourth-order valence-corrected chi connectivity index (χ4v) is 4.65. The lowest BCUT2D eigenvalue weighted by atomic mass is 9.96. The molecule has 1 spiro atoms. The number of hydrogen-bond donors (Lipinski definition) is 2. The Labute approximate surface area is 165 Å². The lowest BCUT2D eigenvalue weighted by Gasteiger charge is -2.31. The largest absolute Gasteiger partial charge is 0.472 e. The maximum absolute atomic E-state index is 12.9. The third-order valence-electron chi connectivity index (χ3n) is 6.30. The van der Waals surface area contributed by atoms with Crippen molar-refractivity contribution in [3.8, 4) is 0 Å². The number of fused-ring (bicyclic) bond motifs is 1. The van der Waals surface area contributed by atoms with Crippen molar-refractivity contribution < 1.29 is 9.21 Å². The highest BCUT2D eigenvalue weighted by molar-refractivity contribution is 6.05. The molecule has 0 bridgehead atoms. The number of furan rings is 1. The van der Waals surface area contributed by atoms with E-state index in [9.17, 15) is 4.79 Å². The van der Waals surface area contributed by atoms with Crippen LogP contribution in [-0.2, 0) is 6.54 Å². The molecule has 28 heavy (non-hydrogen) atoms. The summed E-state index contributed by atoms with van der Waals surface area (Å²) in [6.45, 7) is 2.09. The highest BCUT2D eigenvalue weighted by atomic mass is 16.3. The molecule has 2 aromatic rings. The van der Waals surface area contributed by atoms with Gasteiger partial charge in [-0.3, -0.25) is 15.1 Å². The first-order chi connectivity index (χ1) is 13.7. The molecule has 1 aromatic heterocycles. The SMILES string of the molecule is O=C(c1ccoc1)N1CCC2(C1)NCc1ccccc1NC2=NC1CCCC1. The molecule has 1 aliphatic carbocycles. The van der Waals surface area contributed by atoms with Crippen LogP contribution < -0.4 is 10.6 Å². The predicted octanol–water partition coefficient (Wildman–Crippen LogP) is 3.42. The molecule has 1 atom stereocenters. The average molecular weight is 378 g/mol. The zero-order valence-electron chi connectivity index (χ0n) is 16.0. The lowest BCUT2D eigenvalue weighted by molar-refractivity contribution is 0.0785. The molecule has 146 valence electrons. The normalized spacial score (nSPS) is 26.4. The van der Waals surface area contributed by atoms with E-state index in [1.54, 1.807) is 12.3 Å². The van der Waals surface area contributed by atoms with Crippen molar-refractivity contribution in [2.75, 3.05) is 18.4 Å². The summed E-state index contributed by atoms with van der Waals surface area (Å²) in [7, 11) is 0. The van der Waals surface area contributed by atoms with Gasteiger partial charge in [0, 0.05) is 25.3 Å². The summed E-state index contributed by atoms with van der Waals surface area (Å²) in [4.78, 5) is 20.0. The number of amidine groups is 1. The van der Waals surface area contributed by atoms with Crippen molar-refractivity contribution in [3.63, 3.8) is 0 Å². The minimum absolute atomic E-state index is 0.0226. The first-order valence-corrected chi connectivity index (χ1v) is 10.2. The topological polar surface area (TPSA) is 69.9 Å². The van der Waals surface area contributed by atoms with Crippen LogP contribution in [0.5, 0.6) is 0 Å². The molecule has 3 heterocycles. The van der Waals surface area contributed by atoms with Gasteiger partial charge in [0.05, 0.1) is 23.4 Å². The average Bonchev–Trinajstić information content (AvgIpc) is 3.46. The fraction of sp³-hybridized carbons (Fsp3) is 0.455. The van der Waals surface area contributed by atoms with Crippen molar-refractivity contribution in [1.82, 2.24) is 10.2 Å². The van der Waals surface area contributed by atoms with Gasteiger partial charge in [-0.15, -0.1) is 0 Å². The second-order valence-electron chi connectivity index (χ2n) is 8.12. The minimum atomic E-state index is -0.332. The summed E-state index contributed by atoms with van der Waals surface area (Å²) in [5.41, 5.74) is 2.62. The quantitative estimate of drug-likeness (QED) is 0.840. The van der Waals surface area contributed by atoms with Crippen molar-refractivity contribution in [3.05, 3.63) is 54.0 Å². The third-order valence-corrected chi connectivity index (χ3v) is 6.30. The Hall–Kier alpha value is -2.60. The van der Waals surface area contributed by atoms with Gasteiger partial charge in [0.2, 0.25) is 0 Å². The van der Waals surface area contributed by atoms with Gasteiger partial charge >= 0.3 is 0 Å². The van der Waals surface area contributed by atoms with E-state index < -0.39 is 0 Å². The number of hydrogen-bond acceptors (Lipinski definition) is 4. The number of rotatable bonds is 2. The van der Waals surface area contributed by atoms with Gasteiger partial charge < -0.3 is 14.6 Å². The van der Waals surface area contributed by atoms with Crippen LogP contribution >= 0.6 is 0 Å². The van der Waals surface area contributed by atoms with Gasteiger partial charge in [-0.2, -0.15) is 0 Å². The maximum atomic E-state index is 12.9. The Balaban J connectivity index is 1.47. The molecule has 3 aliphatic rings. The van der Waals surface area contributed by atoms with Gasteiger partial charge in [0.25, 0.3) is 5.91 Å². The van der Waals surface area contributed by atoms with Crippen molar-refractivity contribution in [2.45, 2.75) is 50.2 Å². The molecule has 1 unspecified atom stereocenters. The number of carbonyl (C=O) groups is 1. The molecule has 2 fully saturated rings. The zero-order chi connectivity index (χ0) is 19.0. The van der Waals surface area contributed by atoms with Crippen LogP contribution in [0.3, 0.4) is 0 Å². The highest BCUT2D eigenvalue weighted by Crippen LogP contribution is 2.32. The summed E-state index contributed by atoms with van der Waals surface area (Å²) in [5.74, 6) is 1.02. The Morgan fingerprint density at radius 2 is 2.07 bits per heavy atom. The van der Waals surface area contributed by atoms with Gasteiger partial charge in [0.15, 0.2) is 0 Å². The monoisotopic (exact) mass is 378 g/mol. The second kappa shape index (κ2) is 7.09. The third kappa shape index (κ3) is 3.11. The second-order valence-corrected chi connectivity index (χ2v) is 8.12. The molecule has 2 aliphatic heterocycles. The van der Waals surface area contributed by atoms with E-state index >= 15 is 0 Å². The van der Waals surface area contributed by atoms with Crippen molar-refractivity contribution in [2.24, 2.45) is 4.99 Å². The lowest BCUT2D eigenvalue weighted by Crippen LogP contribution is -2.55. The van der Waals surface area contributed by atoms with Crippen molar-refractivity contribution >= 4 is 17.4 Å². The fourth-order valence-electron chi connectivity index (χ4n) is 4.65. The summed E-state index contributed by atoms with van der Waals surface area (Å²) in [6.07, 6.45) is 8.74. The Morgan fingerprint density at radius 1 is 1.21 bits per heavy atom. The van der Waals surface area contributed by atoms with Crippen molar-refractivity contribution in [1.29, 1.82) is 0 Å². The molecule has 5 rings (SSSR count). The smallest absolute Gasteiger partial charge is 0.257 e. The molecular weight excluding hydrogens is 352 g/mol. The first kappa shape index (κ1) is 17.5. The highest BCUT2D eigenvalue weighted by Gasteiger charge is 2.46. The van der Waals surface area contributed by atoms with Crippen LogP contribution in [0, 0.1) is 0 Å². The van der Waals surface area contributed by atoms with Gasteiger partial charge in [0.1, 0.15) is 12.1 Å². The summed E-state index contributed by atoms with van der Waals surface area (Å²) >= 11 is 0. The minimum Gasteiger partial charge on any atom is -0.472 e. The van der Waals surface area contributed by atoms with E-state index in [-0.39, 0.29) is 11.4 Å². The number of aliphatic imine (C=N–C) groups is 1. The number of benzene rings is 1. The molecule has 1 amide bonds. The van der Waals surface area contributed by atoms with Gasteiger partial charge in [-0.05, 0) is 37.0 Å². The summed E-state index contributed by atoms with van der Waals surface area (Å²) < 4.78 is 5.11.